The molecule has 0 aliphatic rings. The number of hydrazone groups is 1. The first-order chi connectivity index (χ1) is 5.93. The van der Waals surface area contributed by atoms with Crippen LogP contribution in [0.25, 0.3) is 0 Å². The maximum Gasteiger partial charge on any atom is 0.0651 e. The molecular formula is C9H11N3. The van der Waals surface area contributed by atoms with Crippen molar-refractivity contribution in [2.75, 3.05) is 7.05 Å². The van der Waals surface area contributed by atoms with Gasteiger partial charge in [-0.05, 0) is 12.1 Å². The number of benzene rings is 1. The molecule has 0 atom stereocenters. The number of rotatable bonds is 3. The number of aliphatic imine (C=N–C) groups is 1. The summed E-state index contributed by atoms with van der Waals surface area (Å²) in [6, 6.07) is 9.72. The minimum absolute atomic E-state index is 0.931. The summed E-state index contributed by atoms with van der Waals surface area (Å²) in [5.41, 5.74) is 3.56. The molecule has 0 heterocycles. The third kappa shape index (κ3) is 2.96. The molecule has 62 valence electrons. The minimum atomic E-state index is 0.931. The molecule has 1 aromatic carbocycles. The molecule has 0 saturated carbocycles. The highest BCUT2D eigenvalue weighted by atomic mass is 15.3. The zero-order valence-corrected chi connectivity index (χ0v) is 6.94. The monoisotopic (exact) mass is 161 g/mol. The van der Waals surface area contributed by atoms with Crippen LogP contribution in [0.1, 0.15) is 0 Å². The summed E-state index contributed by atoms with van der Waals surface area (Å²) in [6.07, 6.45) is 3.25. The third-order valence-electron chi connectivity index (χ3n) is 1.25. The van der Waals surface area contributed by atoms with Crippen molar-refractivity contribution in [2.24, 2.45) is 10.1 Å². The van der Waals surface area contributed by atoms with Crippen LogP contribution in [0, 0.1) is 0 Å². The molecule has 3 heteroatoms. The Kier molecular flexibility index (Phi) is 3.57. The Morgan fingerprint density at radius 1 is 1.17 bits per heavy atom. The van der Waals surface area contributed by atoms with Gasteiger partial charge in [0.2, 0.25) is 0 Å². The van der Waals surface area contributed by atoms with Crippen LogP contribution in [0.2, 0.25) is 0 Å². The maximum atomic E-state index is 4.13. The highest BCUT2D eigenvalue weighted by Gasteiger charge is 1.80. The lowest BCUT2D eigenvalue weighted by molar-refractivity contribution is 0.910. The van der Waals surface area contributed by atoms with E-state index in [2.05, 4.69) is 15.5 Å². The van der Waals surface area contributed by atoms with E-state index in [4.69, 9.17) is 0 Å². The fourth-order valence-corrected chi connectivity index (χ4v) is 0.741. The van der Waals surface area contributed by atoms with Crippen molar-refractivity contribution in [3.63, 3.8) is 0 Å². The van der Waals surface area contributed by atoms with Crippen LogP contribution in [0.3, 0.4) is 0 Å². The van der Waals surface area contributed by atoms with Gasteiger partial charge in [-0.2, -0.15) is 5.10 Å². The van der Waals surface area contributed by atoms with Crippen LogP contribution in [-0.4, -0.2) is 19.5 Å². The topological polar surface area (TPSA) is 36.8 Å². The van der Waals surface area contributed by atoms with Crippen LogP contribution >= 0.6 is 0 Å². The largest absolute Gasteiger partial charge is 0.313 e. The van der Waals surface area contributed by atoms with E-state index in [1.807, 2.05) is 30.3 Å². The van der Waals surface area contributed by atoms with E-state index in [-0.39, 0.29) is 0 Å². The third-order valence-corrected chi connectivity index (χ3v) is 1.25. The van der Waals surface area contributed by atoms with Gasteiger partial charge in [0.1, 0.15) is 0 Å². The fourth-order valence-electron chi connectivity index (χ4n) is 0.741. The van der Waals surface area contributed by atoms with Crippen LogP contribution in [-0.2, 0) is 0 Å². The fraction of sp³-hybridized carbons (Fsp3) is 0.111. The molecule has 3 nitrogen and oxygen atoms in total. The molecule has 0 bridgehead atoms. The van der Waals surface area contributed by atoms with E-state index in [0.29, 0.717) is 0 Å². The molecule has 1 rings (SSSR count). The number of nitrogens with zero attached hydrogens (tertiary/aromatic N) is 2. The van der Waals surface area contributed by atoms with Gasteiger partial charge >= 0.3 is 0 Å². The van der Waals surface area contributed by atoms with E-state index < -0.39 is 0 Å². The lowest BCUT2D eigenvalue weighted by atomic mass is 10.3. The first kappa shape index (κ1) is 8.46. The van der Waals surface area contributed by atoms with E-state index in [1.54, 1.807) is 19.5 Å². The lowest BCUT2D eigenvalue weighted by Gasteiger charge is -1.88. The first-order valence-corrected chi connectivity index (χ1v) is 3.71. The van der Waals surface area contributed by atoms with Crippen molar-refractivity contribution in [2.45, 2.75) is 0 Å². The summed E-state index contributed by atoms with van der Waals surface area (Å²) in [7, 11) is 1.74. The van der Waals surface area contributed by atoms with Gasteiger partial charge in [0.15, 0.2) is 0 Å². The summed E-state index contributed by atoms with van der Waals surface area (Å²) >= 11 is 0. The normalized spacial score (nSPS) is 11.1. The second kappa shape index (κ2) is 5.07. The second-order valence-electron chi connectivity index (χ2n) is 2.12. The zero-order valence-electron chi connectivity index (χ0n) is 6.94. The first-order valence-electron chi connectivity index (χ1n) is 3.71. The standard InChI is InChI=1S/C9H11N3/c1-10-12-8-7-11-9-5-3-2-4-6-9/h2-8,10H,1H3. The smallest absolute Gasteiger partial charge is 0.0651 e. The maximum absolute atomic E-state index is 4.13. The lowest BCUT2D eigenvalue weighted by Crippen LogP contribution is -1.93. The molecule has 0 aliphatic carbocycles. The van der Waals surface area contributed by atoms with E-state index >= 15 is 0 Å². The molecule has 1 N–H and O–H groups in total. The summed E-state index contributed by atoms with van der Waals surface area (Å²) in [6.45, 7) is 0. The molecule has 0 unspecified atom stereocenters. The number of hydrogen-bond donors (Lipinski definition) is 1. The van der Waals surface area contributed by atoms with Crippen molar-refractivity contribution in [1.82, 2.24) is 5.43 Å². The van der Waals surface area contributed by atoms with Crippen molar-refractivity contribution in [3.8, 4) is 0 Å². The molecule has 0 spiro atoms. The molecule has 0 aliphatic heterocycles. The Labute approximate surface area is 71.8 Å². The minimum Gasteiger partial charge on any atom is -0.313 e. The van der Waals surface area contributed by atoms with Gasteiger partial charge in [-0.25, -0.2) is 0 Å². The van der Waals surface area contributed by atoms with Crippen LogP contribution < -0.4 is 5.43 Å². The summed E-state index contributed by atoms with van der Waals surface area (Å²) in [5.74, 6) is 0. The predicted molar refractivity (Wildman–Crippen MR) is 52.1 cm³/mol. The molecule has 0 radical (unpaired) electrons. The van der Waals surface area contributed by atoms with E-state index in [1.165, 1.54) is 0 Å². The average molecular weight is 161 g/mol. The molecule has 12 heavy (non-hydrogen) atoms. The Morgan fingerprint density at radius 2 is 1.92 bits per heavy atom. The Morgan fingerprint density at radius 3 is 2.58 bits per heavy atom. The number of hydrogen-bond acceptors (Lipinski definition) is 3. The van der Waals surface area contributed by atoms with E-state index in [0.717, 1.165) is 5.69 Å². The van der Waals surface area contributed by atoms with Crippen LogP contribution in [0.5, 0.6) is 0 Å². The zero-order chi connectivity index (χ0) is 8.65. The molecule has 0 amide bonds. The second-order valence-corrected chi connectivity index (χ2v) is 2.12. The van der Waals surface area contributed by atoms with Crippen molar-refractivity contribution in [3.05, 3.63) is 30.3 Å². The highest BCUT2D eigenvalue weighted by Crippen LogP contribution is 2.07. The van der Waals surface area contributed by atoms with Crippen LogP contribution in [0.15, 0.2) is 40.4 Å². The predicted octanol–water partition coefficient (Wildman–Crippen LogP) is 1.59. The summed E-state index contributed by atoms with van der Waals surface area (Å²) in [5, 5.41) is 3.76. The van der Waals surface area contributed by atoms with Gasteiger partial charge in [-0.3, -0.25) is 4.99 Å². The van der Waals surface area contributed by atoms with Gasteiger partial charge in [0, 0.05) is 13.3 Å². The quantitative estimate of drug-likeness (QED) is 0.530. The van der Waals surface area contributed by atoms with Crippen LogP contribution in [0.4, 0.5) is 5.69 Å². The highest BCUT2D eigenvalue weighted by molar-refractivity contribution is 6.16. The number of nitrogens with one attached hydrogen (secondary N) is 1. The molecule has 0 saturated heterocycles. The molecule has 0 fully saturated rings. The van der Waals surface area contributed by atoms with Gasteiger partial charge in [-0.1, -0.05) is 18.2 Å². The van der Waals surface area contributed by atoms with Gasteiger partial charge in [0.05, 0.1) is 11.9 Å². The van der Waals surface area contributed by atoms with E-state index in [9.17, 15) is 0 Å². The molecular weight excluding hydrogens is 150 g/mol. The average Bonchev–Trinajstić information content (AvgIpc) is 2.14. The van der Waals surface area contributed by atoms with Crippen molar-refractivity contribution >= 4 is 18.1 Å². The van der Waals surface area contributed by atoms with Gasteiger partial charge in [-0.15, -0.1) is 0 Å². The van der Waals surface area contributed by atoms with Crippen molar-refractivity contribution in [1.29, 1.82) is 0 Å². The van der Waals surface area contributed by atoms with Gasteiger partial charge in [0.25, 0.3) is 0 Å². The Balaban J connectivity index is 2.52. The van der Waals surface area contributed by atoms with Crippen molar-refractivity contribution < 1.29 is 0 Å². The summed E-state index contributed by atoms with van der Waals surface area (Å²) in [4.78, 5) is 4.13. The Hall–Kier alpha value is -1.64. The Bertz CT molecular complexity index is 264. The SMILES string of the molecule is CNN=CC=Nc1ccccc1. The summed E-state index contributed by atoms with van der Waals surface area (Å²) < 4.78 is 0. The van der Waals surface area contributed by atoms with Gasteiger partial charge < -0.3 is 5.43 Å². The number of para-hydroxylation sites is 1. The molecule has 0 aromatic heterocycles. The molecule has 1 aromatic rings.